The van der Waals surface area contributed by atoms with Crippen LogP contribution in [-0.2, 0) is 16.0 Å². The Morgan fingerprint density at radius 1 is 1.50 bits per heavy atom. The summed E-state index contributed by atoms with van der Waals surface area (Å²) in [5.74, 6) is 0.278. The number of carbonyl (C=O) groups excluding carboxylic acids is 1. The highest BCUT2D eigenvalue weighted by molar-refractivity contribution is 6.32. The molecule has 1 aromatic rings. The van der Waals surface area contributed by atoms with Gasteiger partial charge in [0.25, 0.3) is 5.91 Å². The molecular weight excluding hydrogens is 280 g/mol. The van der Waals surface area contributed by atoms with Crippen LogP contribution in [0.25, 0.3) is 0 Å². The Balaban J connectivity index is 2.46. The van der Waals surface area contributed by atoms with Crippen molar-refractivity contribution in [1.82, 2.24) is 5.32 Å². The summed E-state index contributed by atoms with van der Waals surface area (Å²) in [5, 5.41) is 3.14. The number of hydrogen-bond donors (Lipinski definition) is 2. The number of ether oxygens (including phenoxy) is 2. The lowest BCUT2D eigenvalue weighted by Gasteiger charge is -2.11. The average molecular weight is 301 g/mol. The molecule has 1 aromatic carbocycles. The van der Waals surface area contributed by atoms with E-state index in [1.165, 1.54) is 0 Å². The van der Waals surface area contributed by atoms with E-state index in [1.54, 1.807) is 13.2 Å². The van der Waals surface area contributed by atoms with Crippen LogP contribution in [0.2, 0.25) is 5.02 Å². The lowest BCUT2D eigenvalue weighted by molar-refractivity contribution is -0.123. The van der Waals surface area contributed by atoms with Crippen LogP contribution in [0.5, 0.6) is 5.75 Å². The van der Waals surface area contributed by atoms with Crippen LogP contribution >= 0.6 is 11.6 Å². The molecule has 0 fully saturated rings. The van der Waals surface area contributed by atoms with Crippen LogP contribution in [-0.4, -0.2) is 38.8 Å². The molecule has 0 aliphatic heterocycles. The molecule has 0 aromatic heterocycles. The normalized spacial score (nSPS) is 12.0. The van der Waals surface area contributed by atoms with Crippen molar-refractivity contribution in [3.63, 3.8) is 0 Å². The molecule has 0 aliphatic rings. The van der Waals surface area contributed by atoms with Gasteiger partial charge in [0.15, 0.2) is 6.61 Å². The molecule has 5 nitrogen and oxygen atoms in total. The summed E-state index contributed by atoms with van der Waals surface area (Å²) in [4.78, 5) is 11.5. The van der Waals surface area contributed by atoms with Crippen molar-refractivity contribution in [3.8, 4) is 5.75 Å². The first-order valence-electron chi connectivity index (χ1n) is 6.45. The topological polar surface area (TPSA) is 73.6 Å². The molecule has 112 valence electrons. The van der Waals surface area contributed by atoms with Gasteiger partial charge in [0.2, 0.25) is 0 Å². The summed E-state index contributed by atoms with van der Waals surface area (Å²) in [6, 6.07) is 5.53. The van der Waals surface area contributed by atoms with Crippen molar-refractivity contribution in [2.45, 2.75) is 19.4 Å². The molecule has 1 rings (SSSR count). The SMILES string of the molecule is COCCNC(=O)COc1ccc(CC(C)N)cc1Cl. The Kier molecular flexibility index (Phi) is 7.36. The molecule has 0 saturated carbocycles. The number of benzene rings is 1. The monoisotopic (exact) mass is 300 g/mol. The summed E-state index contributed by atoms with van der Waals surface area (Å²) in [6.45, 7) is 2.79. The van der Waals surface area contributed by atoms with Gasteiger partial charge < -0.3 is 20.5 Å². The Labute approximate surface area is 124 Å². The molecule has 0 heterocycles. The fraction of sp³-hybridized carbons (Fsp3) is 0.500. The maximum Gasteiger partial charge on any atom is 0.258 e. The van der Waals surface area contributed by atoms with Gasteiger partial charge in [0, 0.05) is 19.7 Å². The molecule has 3 N–H and O–H groups in total. The van der Waals surface area contributed by atoms with Gasteiger partial charge in [-0.1, -0.05) is 17.7 Å². The Bertz CT molecular complexity index is 438. The number of carbonyl (C=O) groups is 1. The fourth-order valence-electron chi connectivity index (χ4n) is 1.65. The molecule has 0 spiro atoms. The zero-order valence-electron chi connectivity index (χ0n) is 11.8. The summed E-state index contributed by atoms with van der Waals surface area (Å²) in [6.07, 6.45) is 0.748. The number of methoxy groups -OCH3 is 1. The van der Waals surface area contributed by atoms with E-state index in [-0.39, 0.29) is 18.6 Å². The minimum atomic E-state index is -0.210. The number of nitrogens with one attached hydrogen (secondary N) is 1. The zero-order valence-corrected chi connectivity index (χ0v) is 12.6. The van der Waals surface area contributed by atoms with Gasteiger partial charge in [-0.05, 0) is 31.0 Å². The van der Waals surface area contributed by atoms with Crippen molar-refractivity contribution >= 4 is 17.5 Å². The second kappa shape index (κ2) is 8.79. The molecule has 0 radical (unpaired) electrons. The maximum atomic E-state index is 11.5. The van der Waals surface area contributed by atoms with E-state index in [4.69, 9.17) is 26.8 Å². The van der Waals surface area contributed by atoms with E-state index in [0.717, 1.165) is 12.0 Å². The summed E-state index contributed by atoms with van der Waals surface area (Å²) in [5.41, 5.74) is 6.77. The molecule has 1 atom stereocenters. The van der Waals surface area contributed by atoms with Gasteiger partial charge in [0.1, 0.15) is 5.75 Å². The number of nitrogens with two attached hydrogens (primary N) is 1. The predicted octanol–water partition coefficient (Wildman–Crippen LogP) is 1.37. The standard InChI is InChI=1S/C14H21ClN2O3/c1-10(16)7-11-3-4-13(12(15)8-11)20-9-14(18)17-5-6-19-2/h3-4,8,10H,5-7,9,16H2,1-2H3,(H,17,18). The minimum absolute atomic E-state index is 0.0733. The van der Waals surface area contributed by atoms with Crippen LogP contribution in [0.3, 0.4) is 0 Å². The van der Waals surface area contributed by atoms with Crippen molar-refractivity contribution in [1.29, 1.82) is 0 Å². The van der Waals surface area contributed by atoms with Crippen LogP contribution in [0.1, 0.15) is 12.5 Å². The molecule has 20 heavy (non-hydrogen) atoms. The first-order chi connectivity index (χ1) is 9.52. The Morgan fingerprint density at radius 2 is 2.25 bits per heavy atom. The lowest BCUT2D eigenvalue weighted by atomic mass is 10.1. The predicted molar refractivity (Wildman–Crippen MR) is 79.2 cm³/mol. The van der Waals surface area contributed by atoms with Crippen molar-refractivity contribution in [3.05, 3.63) is 28.8 Å². The van der Waals surface area contributed by atoms with E-state index in [1.807, 2.05) is 19.1 Å². The number of amides is 1. The number of hydrogen-bond acceptors (Lipinski definition) is 4. The summed E-state index contributed by atoms with van der Waals surface area (Å²) < 4.78 is 10.2. The van der Waals surface area contributed by atoms with Gasteiger partial charge in [-0.15, -0.1) is 0 Å². The molecule has 1 amide bonds. The Hall–Kier alpha value is -1.30. The molecule has 0 aliphatic carbocycles. The molecule has 0 saturated heterocycles. The van der Waals surface area contributed by atoms with Crippen molar-refractivity contribution in [2.75, 3.05) is 26.9 Å². The van der Waals surface area contributed by atoms with Crippen LogP contribution < -0.4 is 15.8 Å². The largest absolute Gasteiger partial charge is 0.482 e. The lowest BCUT2D eigenvalue weighted by Crippen LogP contribution is -2.31. The van der Waals surface area contributed by atoms with Gasteiger partial charge in [-0.25, -0.2) is 0 Å². The third-order valence-corrected chi connectivity index (χ3v) is 2.84. The van der Waals surface area contributed by atoms with Crippen LogP contribution in [0.15, 0.2) is 18.2 Å². The molecule has 1 unspecified atom stereocenters. The number of halogens is 1. The van der Waals surface area contributed by atoms with E-state index in [9.17, 15) is 4.79 Å². The third kappa shape index (κ3) is 6.23. The summed E-state index contributed by atoms with van der Waals surface area (Å²) in [7, 11) is 1.58. The van der Waals surface area contributed by atoms with Gasteiger partial charge in [-0.3, -0.25) is 4.79 Å². The van der Waals surface area contributed by atoms with E-state index in [0.29, 0.717) is 23.9 Å². The van der Waals surface area contributed by atoms with E-state index >= 15 is 0 Å². The zero-order chi connectivity index (χ0) is 15.0. The first kappa shape index (κ1) is 16.8. The highest BCUT2D eigenvalue weighted by Gasteiger charge is 2.07. The van der Waals surface area contributed by atoms with E-state index in [2.05, 4.69) is 5.32 Å². The average Bonchev–Trinajstić information content (AvgIpc) is 2.37. The van der Waals surface area contributed by atoms with Crippen molar-refractivity contribution < 1.29 is 14.3 Å². The fourth-order valence-corrected chi connectivity index (χ4v) is 1.90. The molecule has 6 heteroatoms. The number of rotatable bonds is 8. The van der Waals surface area contributed by atoms with Crippen molar-refractivity contribution in [2.24, 2.45) is 5.73 Å². The first-order valence-corrected chi connectivity index (χ1v) is 6.83. The highest BCUT2D eigenvalue weighted by atomic mass is 35.5. The molecular formula is C14H21ClN2O3. The summed E-state index contributed by atoms with van der Waals surface area (Å²) >= 11 is 6.11. The molecule has 0 bridgehead atoms. The third-order valence-electron chi connectivity index (χ3n) is 2.54. The Morgan fingerprint density at radius 3 is 2.85 bits per heavy atom. The van der Waals surface area contributed by atoms with Crippen LogP contribution in [0.4, 0.5) is 0 Å². The van der Waals surface area contributed by atoms with Gasteiger partial charge >= 0.3 is 0 Å². The quantitative estimate of drug-likeness (QED) is 0.711. The maximum absolute atomic E-state index is 11.5. The second-order valence-corrected chi connectivity index (χ2v) is 4.98. The van der Waals surface area contributed by atoms with E-state index < -0.39 is 0 Å². The van der Waals surface area contributed by atoms with Crippen LogP contribution in [0, 0.1) is 0 Å². The smallest absolute Gasteiger partial charge is 0.258 e. The minimum Gasteiger partial charge on any atom is -0.482 e. The van der Waals surface area contributed by atoms with Gasteiger partial charge in [0.05, 0.1) is 11.6 Å². The van der Waals surface area contributed by atoms with Gasteiger partial charge in [-0.2, -0.15) is 0 Å². The highest BCUT2D eigenvalue weighted by Crippen LogP contribution is 2.25. The second-order valence-electron chi connectivity index (χ2n) is 4.58.